The second kappa shape index (κ2) is 4.28. The molecule has 14 heavy (non-hydrogen) atoms. The van der Waals surface area contributed by atoms with Gasteiger partial charge in [-0.1, -0.05) is 11.6 Å². The number of aryl methyl sites for hydroxylation is 1. The van der Waals surface area contributed by atoms with Crippen molar-refractivity contribution in [3.05, 3.63) is 32.8 Å². The molecule has 0 heterocycles. The number of nitro benzene ring substituents is 1. The molecule has 5 heteroatoms. The summed E-state index contributed by atoms with van der Waals surface area (Å²) in [6, 6.07) is 2.88. The molecular formula is C9H10ClNO3. The van der Waals surface area contributed by atoms with Gasteiger partial charge in [0.25, 0.3) is 5.69 Å². The van der Waals surface area contributed by atoms with Gasteiger partial charge < -0.3 is 4.74 Å². The zero-order valence-corrected chi connectivity index (χ0v) is 8.67. The van der Waals surface area contributed by atoms with Crippen molar-refractivity contribution in [1.82, 2.24) is 0 Å². The van der Waals surface area contributed by atoms with Gasteiger partial charge in [-0.25, -0.2) is 0 Å². The Kier molecular flexibility index (Phi) is 3.30. The summed E-state index contributed by atoms with van der Waals surface area (Å²) in [6.45, 7) is 3.86. The lowest BCUT2D eigenvalue weighted by Gasteiger charge is -2.06. The molecule has 0 saturated heterocycles. The van der Waals surface area contributed by atoms with Gasteiger partial charge >= 0.3 is 0 Å². The van der Waals surface area contributed by atoms with Gasteiger partial charge in [0.2, 0.25) is 0 Å². The number of nitro groups is 1. The van der Waals surface area contributed by atoms with Gasteiger partial charge in [0.1, 0.15) is 5.75 Å². The molecule has 0 aliphatic rings. The molecule has 1 rings (SSSR count). The number of hydrogen-bond donors (Lipinski definition) is 0. The van der Waals surface area contributed by atoms with Crippen molar-refractivity contribution >= 4 is 17.3 Å². The molecule has 0 N–H and O–H groups in total. The molecule has 4 nitrogen and oxygen atoms in total. The largest absolute Gasteiger partial charge is 0.492 e. The fourth-order valence-electron chi connectivity index (χ4n) is 1.10. The summed E-state index contributed by atoms with van der Waals surface area (Å²) < 4.78 is 5.15. The first kappa shape index (κ1) is 10.8. The molecule has 76 valence electrons. The van der Waals surface area contributed by atoms with Crippen molar-refractivity contribution in [2.45, 2.75) is 13.8 Å². The SMILES string of the molecule is CCOc1cc([N+](=O)[O-])c(C)cc1Cl. The van der Waals surface area contributed by atoms with E-state index in [-0.39, 0.29) is 5.69 Å². The van der Waals surface area contributed by atoms with Crippen LogP contribution >= 0.6 is 11.6 Å². The lowest BCUT2D eigenvalue weighted by molar-refractivity contribution is -0.385. The topological polar surface area (TPSA) is 52.4 Å². The normalized spacial score (nSPS) is 9.93. The van der Waals surface area contributed by atoms with E-state index in [1.54, 1.807) is 13.8 Å². The number of benzene rings is 1. The molecule has 1 aromatic carbocycles. The summed E-state index contributed by atoms with van der Waals surface area (Å²) >= 11 is 5.84. The molecule has 0 spiro atoms. The second-order valence-corrected chi connectivity index (χ2v) is 3.17. The fourth-order valence-corrected chi connectivity index (χ4v) is 1.38. The summed E-state index contributed by atoms with van der Waals surface area (Å²) in [4.78, 5) is 10.1. The highest BCUT2D eigenvalue weighted by molar-refractivity contribution is 6.32. The third-order valence-electron chi connectivity index (χ3n) is 1.75. The maximum Gasteiger partial charge on any atom is 0.276 e. The average molecular weight is 216 g/mol. The molecule has 0 aromatic heterocycles. The van der Waals surface area contributed by atoms with Gasteiger partial charge in [-0.05, 0) is 19.9 Å². The molecule has 0 radical (unpaired) electrons. The Balaban J connectivity index is 3.20. The first-order valence-electron chi connectivity index (χ1n) is 4.13. The van der Waals surface area contributed by atoms with Crippen LogP contribution in [-0.4, -0.2) is 11.5 Å². The van der Waals surface area contributed by atoms with Crippen molar-refractivity contribution in [3.63, 3.8) is 0 Å². The molecule has 0 aliphatic heterocycles. The van der Waals surface area contributed by atoms with E-state index in [4.69, 9.17) is 16.3 Å². The smallest absolute Gasteiger partial charge is 0.276 e. The summed E-state index contributed by atoms with van der Waals surface area (Å²) in [5.41, 5.74) is 0.557. The molecule has 0 atom stereocenters. The Hall–Kier alpha value is -1.29. The van der Waals surface area contributed by atoms with E-state index in [2.05, 4.69) is 0 Å². The Morgan fingerprint density at radius 1 is 1.57 bits per heavy atom. The van der Waals surface area contributed by atoms with E-state index in [1.807, 2.05) is 0 Å². The lowest BCUT2D eigenvalue weighted by Crippen LogP contribution is -1.96. The van der Waals surface area contributed by atoms with Gasteiger partial charge in [-0.15, -0.1) is 0 Å². The maximum atomic E-state index is 10.6. The summed E-state index contributed by atoms with van der Waals surface area (Å²) in [7, 11) is 0. The van der Waals surface area contributed by atoms with E-state index in [0.29, 0.717) is 22.9 Å². The van der Waals surface area contributed by atoms with E-state index in [1.165, 1.54) is 12.1 Å². The summed E-state index contributed by atoms with van der Waals surface area (Å²) in [6.07, 6.45) is 0. The van der Waals surface area contributed by atoms with Gasteiger partial charge in [0.15, 0.2) is 0 Å². The van der Waals surface area contributed by atoms with Crippen LogP contribution in [-0.2, 0) is 0 Å². The molecule has 0 fully saturated rings. The van der Waals surface area contributed by atoms with Crippen molar-refractivity contribution in [2.24, 2.45) is 0 Å². The van der Waals surface area contributed by atoms with Crippen LogP contribution in [0.2, 0.25) is 5.02 Å². The van der Waals surface area contributed by atoms with Crippen LogP contribution in [0.1, 0.15) is 12.5 Å². The zero-order valence-electron chi connectivity index (χ0n) is 7.91. The molecule has 0 aliphatic carbocycles. The van der Waals surface area contributed by atoms with Crippen LogP contribution in [0.25, 0.3) is 0 Å². The van der Waals surface area contributed by atoms with Crippen molar-refractivity contribution in [1.29, 1.82) is 0 Å². The minimum atomic E-state index is -0.450. The van der Waals surface area contributed by atoms with Crippen LogP contribution in [0.4, 0.5) is 5.69 Å². The first-order chi connectivity index (χ1) is 6.56. The minimum Gasteiger partial charge on any atom is -0.492 e. The summed E-state index contributed by atoms with van der Waals surface area (Å²) in [5.74, 6) is 0.353. The van der Waals surface area contributed by atoms with Crippen LogP contribution < -0.4 is 4.74 Å². The molecule has 0 amide bonds. The number of rotatable bonds is 3. The van der Waals surface area contributed by atoms with E-state index in [0.717, 1.165) is 0 Å². The fraction of sp³-hybridized carbons (Fsp3) is 0.333. The molecular weight excluding hydrogens is 206 g/mol. The Morgan fingerprint density at radius 3 is 2.71 bits per heavy atom. The van der Waals surface area contributed by atoms with Crippen molar-refractivity contribution in [3.8, 4) is 5.75 Å². The number of ether oxygens (including phenoxy) is 1. The predicted octanol–water partition coefficient (Wildman–Crippen LogP) is 2.96. The molecule has 0 bridgehead atoms. The second-order valence-electron chi connectivity index (χ2n) is 2.76. The predicted molar refractivity (Wildman–Crippen MR) is 54.0 cm³/mol. The van der Waals surface area contributed by atoms with Crippen LogP contribution in [0.5, 0.6) is 5.75 Å². The van der Waals surface area contributed by atoms with Crippen LogP contribution in [0, 0.1) is 17.0 Å². The lowest BCUT2D eigenvalue weighted by atomic mass is 10.2. The summed E-state index contributed by atoms with van der Waals surface area (Å²) in [5, 5.41) is 11.0. The van der Waals surface area contributed by atoms with E-state index >= 15 is 0 Å². The van der Waals surface area contributed by atoms with Crippen molar-refractivity contribution in [2.75, 3.05) is 6.61 Å². The van der Waals surface area contributed by atoms with E-state index < -0.39 is 4.92 Å². The Labute approximate surface area is 86.6 Å². The molecule has 0 unspecified atom stereocenters. The number of hydrogen-bond acceptors (Lipinski definition) is 3. The highest BCUT2D eigenvalue weighted by Crippen LogP contribution is 2.31. The minimum absolute atomic E-state index is 0.0258. The molecule has 1 aromatic rings. The van der Waals surface area contributed by atoms with Crippen LogP contribution in [0.15, 0.2) is 12.1 Å². The highest BCUT2D eigenvalue weighted by atomic mass is 35.5. The highest BCUT2D eigenvalue weighted by Gasteiger charge is 2.14. The Morgan fingerprint density at radius 2 is 2.21 bits per heavy atom. The third-order valence-corrected chi connectivity index (χ3v) is 2.04. The van der Waals surface area contributed by atoms with Gasteiger partial charge in [0.05, 0.1) is 22.6 Å². The number of halogens is 1. The van der Waals surface area contributed by atoms with Gasteiger partial charge in [-0.2, -0.15) is 0 Å². The monoisotopic (exact) mass is 215 g/mol. The average Bonchev–Trinajstić information content (AvgIpc) is 2.09. The van der Waals surface area contributed by atoms with Crippen molar-refractivity contribution < 1.29 is 9.66 Å². The first-order valence-corrected chi connectivity index (χ1v) is 4.51. The van der Waals surface area contributed by atoms with Gasteiger partial charge in [0, 0.05) is 5.56 Å². The van der Waals surface area contributed by atoms with E-state index in [9.17, 15) is 10.1 Å². The zero-order chi connectivity index (χ0) is 10.7. The Bertz CT molecular complexity index is 365. The molecule has 0 saturated carbocycles. The van der Waals surface area contributed by atoms with Gasteiger partial charge in [-0.3, -0.25) is 10.1 Å². The third kappa shape index (κ3) is 2.14. The van der Waals surface area contributed by atoms with Crippen LogP contribution in [0.3, 0.4) is 0 Å². The standard InChI is InChI=1S/C9H10ClNO3/c1-3-14-9-5-8(11(12)13)6(2)4-7(9)10/h4-5H,3H2,1-2H3. The number of nitrogens with zero attached hydrogens (tertiary/aromatic N) is 1. The quantitative estimate of drug-likeness (QED) is 0.575. The maximum absolute atomic E-state index is 10.6.